The van der Waals surface area contributed by atoms with Crippen LogP contribution in [-0.4, -0.2) is 19.1 Å². The molecule has 12 heavy (non-hydrogen) atoms. The molecule has 0 radical (unpaired) electrons. The summed E-state index contributed by atoms with van der Waals surface area (Å²) in [6.45, 7) is 6.24. The van der Waals surface area contributed by atoms with Gasteiger partial charge in [-0.05, 0) is 25.2 Å². The zero-order valence-electron chi connectivity index (χ0n) is 8.31. The first-order valence-electron chi connectivity index (χ1n) is 4.95. The van der Waals surface area contributed by atoms with E-state index in [2.05, 4.69) is 13.8 Å². The summed E-state index contributed by atoms with van der Waals surface area (Å²) in [5, 5.41) is 0. The lowest BCUT2D eigenvalue weighted by Gasteiger charge is -2.09. The molecule has 0 fully saturated rings. The van der Waals surface area contributed by atoms with E-state index in [1.54, 1.807) is 0 Å². The molecule has 0 saturated heterocycles. The van der Waals surface area contributed by atoms with Gasteiger partial charge in [-0.15, -0.1) is 11.6 Å². The highest BCUT2D eigenvalue weighted by Gasteiger charge is 1.99. The van der Waals surface area contributed by atoms with Crippen LogP contribution in [0.4, 0.5) is 0 Å². The van der Waals surface area contributed by atoms with E-state index in [1.807, 2.05) is 0 Å². The summed E-state index contributed by atoms with van der Waals surface area (Å²) in [6, 6.07) is 0. The number of alkyl halides is 1. The zero-order valence-corrected chi connectivity index (χ0v) is 9.07. The second kappa shape index (κ2) is 9.34. The molecule has 0 aliphatic carbocycles. The fraction of sp³-hybridized carbons (Fsp3) is 1.00. The van der Waals surface area contributed by atoms with Gasteiger partial charge in [0.15, 0.2) is 0 Å². The molecule has 74 valence electrons. The molecule has 1 unspecified atom stereocenters. The average molecular weight is 193 g/mol. The molecule has 0 spiro atoms. The Bertz CT molecular complexity index is 85.9. The predicted octanol–water partition coefficient (Wildman–Crippen LogP) is 3.46. The van der Waals surface area contributed by atoms with Crippen LogP contribution in [0, 0.1) is 5.92 Å². The molecule has 0 aliphatic heterocycles. The lowest BCUT2D eigenvalue weighted by atomic mass is 10.1. The number of halogens is 1. The molecule has 0 aromatic rings. The summed E-state index contributed by atoms with van der Waals surface area (Å²) in [4.78, 5) is 0. The van der Waals surface area contributed by atoms with E-state index >= 15 is 0 Å². The van der Waals surface area contributed by atoms with E-state index in [4.69, 9.17) is 16.3 Å². The van der Waals surface area contributed by atoms with Crippen LogP contribution < -0.4 is 0 Å². The first-order valence-corrected chi connectivity index (χ1v) is 5.48. The number of hydrogen-bond donors (Lipinski definition) is 0. The fourth-order valence-electron chi connectivity index (χ4n) is 1.16. The summed E-state index contributed by atoms with van der Waals surface area (Å²) in [5.41, 5.74) is 0. The zero-order chi connectivity index (χ0) is 9.23. The van der Waals surface area contributed by atoms with Crippen molar-refractivity contribution >= 4 is 11.6 Å². The van der Waals surface area contributed by atoms with E-state index < -0.39 is 0 Å². The Morgan fingerprint density at radius 2 is 2.08 bits per heavy atom. The molecule has 0 aliphatic rings. The van der Waals surface area contributed by atoms with Gasteiger partial charge in [0, 0.05) is 19.1 Å². The molecule has 0 rings (SSSR count). The Labute approximate surface area is 81.4 Å². The van der Waals surface area contributed by atoms with Crippen molar-refractivity contribution in [3.8, 4) is 0 Å². The largest absolute Gasteiger partial charge is 0.381 e. The van der Waals surface area contributed by atoms with E-state index in [0.717, 1.165) is 31.9 Å². The van der Waals surface area contributed by atoms with Crippen LogP contribution in [0.25, 0.3) is 0 Å². The van der Waals surface area contributed by atoms with Gasteiger partial charge in [-0.1, -0.05) is 20.3 Å². The Kier molecular flexibility index (Phi) is 9.53. The van der Waals surface area contributed by atoms with Gasteiger partial charge in [0.1, 0.15) is 0 Å². The van der Waals surface area contributed by atoms with E-state index in [1.165, 1.54) is 12.8 Å². The van der Waals surface area contributed by atoms with Crippen molar-refractivity contribution in [1.82, 2.24) is 0 Å². The maximum atomic E-state index is 5.54. The van der Waals surface area contributed by atoms with Gasteiger partial charge in [-0.3, -0.25) is 0 Å². The average Bonchev–Trinajstić information content (AvgIpc) is 2.05. The van der Waals surface area contributed by atoms with Crippen LogP contribution >= 0.6 is 11.6 Å². The van der Waals surface area contributed by atoms with Gasteiger partial charge in [0.05, 0.1) is 0 Å². The molecular weight excluding hydrogens is 172 g/mol. The van der Waals surface area contributed by atoms with Gasteiger partial charge in [0.25, 0.3) is 0 Å². The monoisotopic (exact) mass is 192 g/mol. The van der Waals surface area contributed by atoms with Crippen LogP contribution in [0.1, 0.15) is 39.5 Å². The van der Waals surface area contributed by atoms with Crippen molar-refractivity contribution in [2.24, 2.45) is 5.92 Å². The number of ether oxygens (including phenoxy) is 1. The van der Waals surface area contributed by atoms with Crippen molar-refractivity contribution in [1.29, 1.82) is 0 Å². The van der Waals surface area contributed by atoms with E-state index in [0.29, 0.717) is 5.92 Å². The van der Waals surface area contributed by atoms with Crippen LogP contribution in [0.5, 0.6) is 0 Å². The minimum atomic E-state index is 0.714. The first kappa shape index (κ1) is 12.2. The van der Waals surface area contributed by atoms with E-state index in [9.17, 15) is 0 Å². The summed E-state index contributed by atoms with van der Waals surface area (Å²) in [5.74, 6) is 1.47. The normalized spacial score (nSPS) is 13.2. The SMILES string of the molecule is CCCC(C)COCCCCCl. The van der Waals surface area contributed by atoms with Crippen LogP contribution in [0.15, 0.2) is 0 Å². The molecule has 0 aromatic carbocycles. The number of unbranched alkanes of at least 4 members (excludes halogenated alkanes) is 1. The highest BCUT2D eigenvalue weighted by atomic mass is 35.5. The van der Waals surface area contributed by atoms with Crippen molar-refractivity contribution in [3.05, 3.63) is 0 Å². The maximum Gasteiger partial charge on any atom is 0.0491 e. The predicted molar refractivity (Wildman–Crippen MR) is 54.8 cm³/mol. The first-order chi connectivity index (χ1) is 5.81. The molecule has 1 nitrogen and oxygen atoms in total. The van der Waals surface area contributed by atoms with Gasteiger partial charge in [0.2, 0.25) is 0 Å². The Morgan fingerprint density at radius 3 is 2.67 bits per heavy atom. The van der Waals surface area contributed by atoms with Gasteiger partial charge < -0.3 is 4.74 Å². The molecule has 0 amide bonds. The minimum absolute atomic E-state index is 0.714. The molecule has 0 aromatic heterocycles. The standard InChI is InChI=1S/C10H21ClO/c1-3-6-10(2)9-12-8-5-4-7-11/h10H,3-9H2,1-2H3. The quantitative estimate of drug-likeness (QED) is 0.423. The van der Waals surface area contributed by atoms with E-state index in [-0.39, 0.29) is 0 Å². The summed E-state index contributed by atoms with van der Waals surface area (Å²) in [6.07, 6.45) is 4.70. The Balaban J connectivity index is 2.97. The van der Waals surface area contributed by atoms with Gasteiger partial charge in [-0.2, -0.15) is 0 Å². The molecular formula is C10H21ClO. The van der Waals surface area contributed by atoms with Crippen LogP contribution in [0.3, 0.4) is 0 Å². The molecule has 0 saturated carbocycles. The van der Waals surface area contributed by atoms with Crippen molar-refractivity contribution in [2.45, 2.75) is 39.5 Å². The number of hydrogen-bond acceptors (Lipinski definition) is 1. The van der Waals surface area contributed by atoms with Gasteiger partial charge in [-0.25, -0.2) is 0 Å². The maximum absolute atomic E-state index is 5.54. The molecule has 0 heterocycles. The highest BCUT2D eigenvalue weighted by molar-refractivity contribution is 6.17. The molecule has 2 heteroatoms. The third-order valence-corrected chi connectivity index (χ3v) is 2.12. The Morgan fingerprint density at radius 1 is 1.33 bits per heavy atom. The fourth-order valence-corrected chi connectivity index (χ4v) is 1.35. The summed E-state index contributed by atoms with van der Waals surface area (Å²) in [7, 11) is 0. The lowest BCUT2D eigenvalue weighted by Crippen LogP contribution is -2.06. The molecule has 1 atom stereocenters. The number of rotatable bonds is 8. The highest BCUT2D eigenvalue weighted by Crippen LogP contribution is 2.05. The van der Waals surface area contributed by atoms with Crippen LogP contribution in [0.2, 0.25) is 0 Å². The summed E-state index contributed by atoms with van der Waals surface area (Å²) >= 11 is 5.54. The third-order valence-electron chi connectivity index (χ3n) is 1.86. The summed E-state index contributed by atoms with van der Waals surface area (Å²) < 4.78 is 5.49. The molecule has 0 N–H and O–H groups in total. The second-order valence-electron chi connectivity index (χ2n) is 3.36. The Hall–Kier alpha value is 0.250. The van der Waals surface area contributed by atoms with Crippen LogP contribution in [-0.2, 0) is 4.74 Å². The minimum Gasteiger partial charge on any atom is -0.381 e. The second-order valence-corrected chi connectivity index (χ2v) is 3.74. The molecule has 0 bridgehead atoms. The topological polar surface area (TPSA) is 9.23 Å². The van der Waals surface area contributed by atoms with Crippen molar-refractivity contribution in [2.75, 3.05) is 19.1 Å². The van der Waals surface area contributed by atoms with Gasteiger partial charge >= 0.3 is 0 Å². The smallest absolute Gasteiger partial charge is 0.0491 e. The van der Waals surface area contributed by atoms with Crippen molar-refractivity contribution < 1.29 is 4.74 Å². The van der Waals surface area contributed by atoms with Crippen molar-refractivity contribution in [3.63, 3.8) is 0 Å². The third kappa shape index (κ3) is 8.35. The lowest BCUT2D eigenvalue weighted by molar-refractivity contribution is 0.0995.